The molecule has 1 aliphatic carbocycles. The van der Waals surface area contributed by atoms with Crippen LogP contribution in [-0.2, 0) is 9.47 Å². The Bertz CT molecular complexity index is 806. The van der Waals surface area contributed by atoms with Crippen molar-refractivity contribution >= 4 is 5.97 Å². The van der Waals surface area contributed by atoms with Gasteiger partial charge in [0.25, 0.3) is 0 Å². The van der Waals surface area contributed by atoms with Crippen LogP contribution in [0.4, 0.5) is 0 Å². The molecule has 6 nitrogen and oxygen atoms in total. The molecule has 1 atom stereocenters. The number of carbonyl (C=O) groups is 1. The highest BCUT2D eigenvalue weighted by Crippen LogP contribution is 2.35. The van der Waals surface area contributed by atoms with E-state index in [2.05, 4.69) is 4.98 Å². The molecule has 124 valence electrons. The quantitative estimate of drug-likeness (QED) is 0.913. The van der Waals surface area contributed by atoms with Crippen molar-refractivity contribution in [1.29, 1.82) is 0 Å². The van der Waals surface area contributed by atoms with E-state index >= 15 is 0 Å². The molecule has 1 N–H and O–H groups in total. The van der Waals surface area contributed by atoms with Gasteiger partial charge < -0.3 is 19.1 Å². The molecular formula is C18H18N2O4. The number of hydrogen-bond donors (Lipinski definition) is 1. The summed E-state index contributed by atoms with van der Waals surface area (Å²) in [5.74, 6) is 0.207. The van der Waals surface area contributed by atoms with Gasteiger partial charge in [0.05, 0.1) is 32.3 Å². The minimum Gasteiger partial charge on any atom is -0.495 e. The van der Waals surface area contributed by atoms with Crippen LogP contribution in [0.5, 0.6) is 0 Å². The first-order valence-corrected chi connectivity index (χ1v) is 7.51. The molecule has 1 unspecified atom stereocenters. The highest BCUT2D eigenvalue weighted by atomic mass is 16.5. The van der Waals surface area contributed by atoms with E-state index in [0.717, 1.165) is 5.56 Å². The summed E-state index contributed by atoms with van der Waals surface area (Å²) in [5, 5.41) is 9.50. The van der Waals surface area contributed by atoms with Gasteiger partial charge in [0, 0.05) is 5.56 Å². The zero-order chi connectivity index (χ0) is 17.1. The molecule has 0 radical (unpaired) electrons. The molecule has 3 rings (SSSR count). The number of ether oxygens (including phenoxy) is 2. The predicted molar refractivity (Wildman–Crippen MR) is 88.5 cm³/mol. The van der Waals surface area contributed by atoms with Gasteiger partial charge in [-0.05, 0) is 12.5 Å². The fraction of sp³-hybridized carbons (Fsp3) is 0.222. The number of benzene rings is 1. The van der Waals surface area contributed by atoms with Crippen LogP contribution in [0, 0.1) is 0 Å². The zero-order valence-electron chi connectivity index (χ0n) is 13.5. The van der Waals surface area contributed by atoms with Gasteiger partial charge in [0.2, 0.25) is 0 Å². The van der Waals surface area contributed by atoms with Crippen molar-refractivity contribution in [3.05, 3.63) is 66.0 Å². The van der Waals surface area contributed by atoms with E-state index < -0.39 is 5.97 Å². The molecular weight excluding hydrogens is 308 g/mol. The Morgan fingerprint density at radius 2 is 2.00 bits per heavy atom. The van der Waals surface area contributed by atoms with Crippen LogP contribution in [0.25, 0.3) is 11.3 Å². The van der Waals surface area contributed by atoms with E-state index in [9.17, 15) is 9.90 Å². The number of aromatic carboxylic acids is 1. The summed E-state index contributed by atoms with van der Waals surface area (Å²) in [7, 11) is 3.16. The Morgan fingerprint density at radius 3 is 2.62 bits per heavy atom. The Balaban J connectivity index is 2.18. The monoisotopic (exact) mass is 326 g/mol. The third-order valence-electron chi connectivity index (χ3n) is 3.99. The Morgan fingerprint density at radius 1 is 1.25 bits per heavy atom. The number of imidazole rings is 1. The molecule has 0 saturated heterocycles. The van der Waals surface area contributed by atoms with Gasteiger partial charge in [-0.25, -0.2) is 9.78 Å². The molecule has 24 heavy (non-hydrogen) atoms. The van der Waals surface area contributed by atoms with Crippen molar-refractivity contribution in [3.8, 4) is 11.3 Å². The standard InChI is InChI=1S/C18H18N2O4/c1-23-14-10-6-9-13(17(14)24-2)20-11-19-15(18(21)22)16(20)12-7-4-3-5-8-12/h3-8,10-11,13H,9H2,1-2H3,(H,21,22). The van der Waals surface area contributed by atoms with Crippen molar-refractivity contribution in [1.82, 2.24) is 9.55 Å². The van der Waals surface area contributed by atoms with E-state index in [4.69, 9.17) is 9.47 Å². The SMILES string of the molecule is COC1=C(OC)C(n2cnc(C(=O)O)c2-c2ccccc2)CC=C1. The summed E-state index contributed by atoms with van der Waals surface area (Å²) in [6.07, 6.45) is 6.03. The number of methoxy groups -OCH3 is 2. The van der Waals surface area contributed by atoms with Gasteiger partial charge in [-0.2, -0.15) is 0 Å². The topological polar surface area (TPSA) is 73.6 Å². The fourth-order valence-electron chi connectivity index (χ4n) is 2.94. The fourth-order valence-corrected chi connectivity index (χ4v) is 2.94. The van der Waals surface area contributed by atoms with Crippen molar-refractivity contribution in [3.63, 3.8) is 0 Å². The van der Waals surface area contributed by atoms with Crippen LogP contribution in [0.15, 0.2) is 60.3 Å². The van der Waals surface area contributed by atoms with Gasteiger partial charge in [0.15, 0.2) is 17.2 Å². The van der Waals surface area contributed by atoms with E-state index in [1.165, 1.54) is 0 Å². The van der Waals surface area contributed by atoms with Crippen LogP contribution in [-0.4, -0.2) is 34.8 Å². The molecule has 0 amide bonds. The van der Waals surface area contributed by atoms with Gasteiger partial charge in [-0.15, -0.1) is 0 Å². The third-order valence-corrected chi connectivity index (χ3v) is 3.99. The van der Waals surface area contributed by atoms with Crippen LogP contribution in [0.1, 0.15) is 23.0 Å². The molecule has 0 spiro atoms. The summed E-state index contributed by atoms with van der Waals surface area (Å²) in [4.78, 5) is 15.7. The van der Waals surface area contributed by atoms with Gasteiger partial charge >= 0.3 is 5.97 Å². The molecule has 1 aliphatic rings. The summed E-state index contributed by atoms with van der Waals surface area (Å²) >= 11 is 0. The van der Waals surface area contributed by atoms with Gasteiger partial charge in [-0.1, -0.05) is 36.4 Å². The second-order valence-corrected chi connectivity index (χ2v) is 5.31. The number of hydrogen-bond acceptors (Lipinski definition) is 4. The molecule has 0 bridgehead atoms. The average molecular weight is 326 g/mol. The van der Waals surface area contributed by atoms with Crippen LogP contribution in [0.3, 0.4) is 0 Å². The molecule has 6 heteroatoms. The molecule has 0 fully saturated rings. The minimum absolute atomic E-state index is 0.0187. The first kappa shape index (κ1) is 15.9. The smallest absolute Gasteiger partial charge is 0.356 e. The summed E-state index contributed by atoms with van der Waals surface area (Å²) < 4.78 is 12.7. The highest BCUT2D eigenvalue weighted by molar-refractivity contribution is 5.93. The maximum atomic E-state index is 11.6. The molecule has 1 aromatic heterocycles. The Hall–Kier alpha value is -3.02. The number of carboxylic acid groups (broad SMARTS) is 1. The van der Waals surface area contributed by atoms with E-state index in [1.807, 2.05) is 47.1 Å². The second kappa shape index (κ2) is 6.62. The van der Waals surface area contributed by atoms with Crippen LogP contribution in [0.2, 0.25) is 0 Å². The molecule has 2 aromatic rings. The normalized spacial score (nSPS) is 17.0. The van der Waals surface area contributed by atoms with Crippen molar-refractivity contribution in [2.45, 2.75) is 12.5 Å². The van der Waals surface area contributed by atoms with Crippen molar-refractivity contribution in [2.75, 3.05) is 14.2 Å². The largest absolute Gasteiger partial charge is 0.495 e. The number of carboxylic acids is 1. The Labute approximate surface area is 139 Å². The second-order valence-electron chi connectivity index (χ2n) is 5.31. The zero-order valence-corrected chi connectivity index (χ0v) is 13.5. The summed E-state index contributed by atoms with van der Waals surface area (Å²) in [6, 6.07) is 9.14. The Kier molecular flexibility index (Phi) is 4.37. The number of allylic oxidation sites excluding steroid dienone is 3. The first-order chi connectivity index (χ1) is 11.7. The maximum absolute atomic E-state index is 11.6. The lowest BCUT2D eigenvalue weighted by Crippen LogP contribution is -2.18. The van der Waals surface area contributed by atoms with Crippen molar-refractivity contribution < 1.29 is 19.4 Å². The number of rotatable bonds is 5. The van der Waals surface area contributed by atoms with Crippen LogP contribution >= 0.6 is 0 Å². The third kappa shape index (κ3) is 2.67. The van der Waals surface area contributed by atoms with Crippen LogP contribution < -0.4 is 0 Å². The lowest BCUT2D eigenvalue weighted by Gasteiger charge is -2.26. The molecule has 0 aliphatic heterocycles. The summed E-state index contributed by atoms with van der Waals surface area (Å²) in [5.41, 5.74) is 1.36. The maximum Gasteiger partial charge on any atom is 0.356 e. The van der Waals surface area contributed by atoms with E-state index in [0.29, 0.717) is 23.6 Å². The predicted octanol–water partition coefficient (Wildman–Crippen LogP) is 3.25. The van der Waals surface area contributed by atoms with E-state index in [1.54, 1.807) is 20.5 Å². The van der Waals surface area contributed by atoms with Gasteiger partial charge in [-0.3, -0.25) is 0 Å². The molecule has 0 saturated carbocycles. The van der Waals surface area contributed by atoms with E-state index in [-0.39, 0.29) is 11.7 Å². The number of nitrogens with zero attached hydrogens (tertiary/aromatic N) is 2. The molecule has 1 aromatic carbocycles. The number of aromatic nitrogens is 2. The first-order valence-electron chi connectivity index (χ1n) is 7.51. The lowest BCUT2D eigenvalue weighted by atomic mass is 10.0. The lowest BCUT2D eigenvalue weighted by molar-refractivity contribution is 0.0692. The van der Waals surface area contributed by atoms with Crippen molar-refractivity contribution in [2.24, 2.45) is 0 Å². The highest BCUT2D eigenvalue weighted by Gasteiger charge is 2.29. The molecule has 1 heterocycles. The summed E-state index contributed by atoms with van der Waals surface area (Å²) in [6.45, 7) is 0. The minimum atomic E-state index is -1.06. The average Bonchev–Trinajstić information content (AvgIpc) is 3.06. The van der Waals surface area contributed by atoms with Gasteiger partial charge in [0.1, 0.15) is 0 Å².